The van der Waals surface area contributed by atoms with Crippen molar-refractivity contribution in [1.82, 2.24) is 5.32 Å². The number of carbonyl (C=O) groups excluding carboxylic acids is 1. The van der Waals surface area contributed by atoms with Gasteiger partial charge in [-0.15, -0.1) is 18.3 Å². The van der Waals surface area contributed by atoms with Crippen LogP contribution >= 0.6 is 11.8 Å². The molecule has 0 aliphatic heterocycles. The van der Waals surface area contributed by atoms with Gasteiger partial charge in [0.15, 0.2) is 18.1 Å². The molecule has 1 N–H and O–H groups in total. The van der Waals surface area contributed by atoms with Gasteiger partial charge in [-0.1, -0.05) is 29.8 Å². The highest BCUT2D eigenvalue weighted by Gasteiger charge is 2.08. The standard InChI is InChI=1S/C21H25NO3S/c1-4-5-17-8-11-19(20(14-17)24-3)25-15-21(23)22-12-13-26-18-9-6-16(2)7-10-18/h4,6-11,14H,1,5,12-13,15H2,2-3H3,(H,22,23). The molecule has 0 fully saturated rings. The van der Waals surface area contributed by atoms with Gasteiger partial charge < -0.3 is 14.8 Å². The predicted octanol–water partition coefficient (Wildman–Crippen LogP) is 4.02. The van der Waals surface area contributed by atoms with Crippen LogP contribution in [0.4, 0.5) is 0 Å². The van der Waals surface area contributed by atoms with Crippen LogP contribution in [0.5, 0.6) is 11.5 Å². The summed E-state index contributed by atoms with van der Waals surface area (Å²) in [5.41, 5.74) is 2.33. The molecule has 0 saturated heterocycles. The van der Waals surface area contributed by atoms with E-state index in [1.54, 1.807) is 18.9 Å². The number of allylic oxidation sites excluding steroid dienone is 1. The second-order valence-electron chi connectivity index (χ2n) is 5.78. The number of benzene rings is 2. The van der Waals surface area contributed by atoms with Crippen LogP contribution in [0, 0.1) is 6.92 Å². The molecule has 0 atom stereocenters. The minimum atomic E-state index is -0.147. The highest BCUT2D eigenvalue weighted by Crippen LogP contribution is 2.28. The fourth-order valence-electron chi connectivity index (χ4n) is 2.31. The van der Waals surface area contributed by atoms with Crippen molar-refractivity contribution in [2.75, 3.05) is 26.0 Å². The third kappa shape index (κ3) is 6.48. The van der Waals surface area contributed by atoms with E-state index in [2.05, 4.69) is 43.1 Å². The van der Waals surface area contributed by atoms with Crippen LogP contribution in [0.3, 0.4) is 0 Å². The van der Waals surface area contributed by atoms with Crippen molar-refractivity contribution >= 4 is 17.7 Å². The van der Waals surface area contributed by atoms with E-state index in [1.807, 2.05) is 24.3 Å². The number of aryl methyl sites for hydroxylation is 1. The number of rotatable bonds is 10. The van der Waals surface area contributed by atoms with Crippen molar-refractivity contribution in [3.8, 4) is 11.5 Å². The molecular formula is C21H25NO3S. The van der Waals surface area contributed by atoms with E-state index < -0.39 is 0 Å². The summed E-state index contributed by atoms with van der Waals surface area (Å²) in [4.78, 5) is 13.1. The number of carbonyl (C=O) groups is 1. The molecule has 0 saturated carbocycles. The topological polar surface area (TPSA) is 47.6 Å². The monoisotopic (exact) mass is 371 g/mol. The molecule has 2 aromatic rings. The number of ether oxygens (including phenoxy) is 2. The molecule has 0 aromatic heterocycles. The largest absolute Gasteiger partial charge is 0.493 e. The Bertz CT molecular complexity index is 729. The molecule has 4 nitrogen and oxygen atoms in total. The molecule has 26 heavy (non-hydrogen) atoms. The summed E-state index contributed by atoms with van der Waals surface area (Å²) in [6.45, 7) is 6.35. The van der Waals surface area contributed by atoms with Crippen molar-refractivity contribution in [2.24, 2.45) is 0 Å². The van der Waals surface area contributed by atoms with Crippen LogP contribution in [0.25, 0.3) is 0 Å². The Kier molecular flexibility index (Phi) is 8.09. The normalized spacial score (nSPS) is 10.2. The van der Waals surface area contributed by atoms with Crippen LogP contribution in [0.15, 0.2) is 60.0 Å². The molecule has 2 rings (SSSR count). The fraction of sp³-hybridized carbons (Fsp3) is 0.286. The van der Waals surface area contributed by atoms with Crippen LogP contribution in [0.2, 0.25) is 0 Å². The third-order valence-electron chi connectivity index (χ3n) is 3.68. The van der Waals surface area contributed by atoms with Gasteiger partial charge >= 0.3 is 0 Å². The maximum atomic E-state index is 11.9. The second kappa shape index (κ2) is 10.6. The van der Waals surface area contributed by atoms with Crippen molar-refractivity contribution < 1.29 is 14.3 Å². The average molecular weight is 372 g/mol. The second-order valence-corrected chi connectivity index (χ2v) is 6.95. The third-order valence-corrected chi connectivity index (χ3v) is 4.69. The summed E-state index contributed by atoms with van der Waals surface area (Å²) in [6, 6.07) is 14.0. The van der Waals surface area contributed by atoms with Crippen molar-refractivity contribution in [2.45, 2.75) is 18.2 Å². The summed E-state index contributed by atoms with van der Waals surface area (Å²) >= 11 is 1.71. The molecule has 0 radical (unpaired) electrons. The van der Waals surface area contributed by atoms with E-state index in [9.17, 15) is 4.79 Å². The van der Waals surface area contributed by atoms with Gasteiger partial charge in [-0.05, 0) is 43.2 Å². The molecule has 0 spiro atoms. The average Bonchev–Trinajstić information content (AvgIpc) is 2.65. The first-order valence-corrected chi connectivity index (χ1v) is 9.47. The van der Waals surface area contributed by atoms with Gasteiger partial charge in [0.2, 0.25) is 0 Å². The summed E-state index contributed by atoms with van der Waals surface area (Å²) in [5.74, 6) is 1.84. The Morgan fingerprint density at radius 1 is 1.19 bits per heavy atom. The molecule has 1 amide bonds. The summed E-state index contributed by atoms with van der Waals surface area (Å²) in [5, 5.41) is 2.86. The van der Waals surface area contributed by atoms with Crippen LogP contribution in [-0.4, -0.2) is 31.9 Å². The van der Waals surface area contributed by atoms with E-state index in [1.165, 1.54) is 10.5 Å². The van der Waals surface area contributed by atoms with Gasteiger partial charge in [-0.2, -0.15) is 0 Å². The molecule has 138 valence electrons. The van der Waals surface area contributed by atoms with Gasteiger partial charge in [0.1, 0.15) is 0 Å². The highest BCUT2D eigenvalue weighted by atomic mass is 32.2. The number of thioether (sulfide) groups is 1. The van der Waals surface area contributed by atoms with Crippen molar-refractivity contribution in [3.63, 3.8) is 0 Å². The number of nitrogens with one attached hydrogen (secondary N) is 1. The number of hydrogen-bond donors (Lipinski definition) is 1. The Morgan fingerprint density at radius 2 is 1.96 bits per heavy atom. The minimum Gasteiger partial charge on any atom is -0.493 e. The Balaban J connectivity index is 1.72. The fourth-order valence-corrected chi connectivity index (χ4v) is 3.08. The Labute approximate surface area is 159 Å². The lowest BCUT2D eigenvalue weighted by Crippen LogP contribution is -2.30. The first kappa shape index (κ1) is 19.9. The zero-order chi connectivity index (χ0) is 18.8. The SMILES string of the molecule is C=CCc1ccc(OCC(=O)NCCSc2ccc(C)cc2)c(OC)c1. The maximum Gasteiger partial charge on any atom is 0.257 e. The maximum absolute atomic E-state index is 11.9. The first-order chi connectivity index (χ1) is 12.6. The van der Waals surface area contributed by atoms with Gasteiger partial charge in [0.05, 0.1) is 7.11 Å². The minimum absolute atomic E-state index is 0.0354. The summed E-state index contributed by atoms with van der Waals surface area (Å²) < 4.78 is 10.9. The molecule has 0 aliphatic rings. The number of amides is 1. The smallest absolute Gasteiger partial charge is 0.257 e. The molecule has 0 unspecified atom stereocenters. The molecule has 0 bridgehead atoms. The Morgan fingerprint density at radius 3 is 2.65 bits per heavy atom. The lowest BCUT2D eigenvalue weighted by molar-refractivity contribution is -0.122. The van der Waals surface area contributed by atoms with Crippen LogP contribution in [0.1, 0.15) is 11.1 Å². The lowest BCUT2D eigenvalue weighted by Gasteiger charge is -2.12. The summed E-state index contributed by atoms with van der Waals surface area (Å²) in [7, 11) is 1.59. The zero-order valence-corrected chi connectivity index (χ0v) is 16.1. The molecule has 5 heteroatoms. The quantitative estimate of drug-likeness (QED) is 0.389. The van der Waals surface area contributed by atoms with Gasteiger partial charge in [-0.3, -0.25) is 4.79 Å². The predicted molar refractivity (Wildman–Crippen MR) is 107 cm³/mol. The molecule has 0 aliphatic carbocycles. The first-order valence-electron chi connectivity index (χ1n) is 8.49. The van der Waals surface area contributed by atoms with E-state index >= 15 is 0 Å². The molecular weight excluding hydrogens is 346 g/mol. The number of hydrogen-bond acceptors (Lipinski definition) is 4. The number of methoxy groups -OCH3 is 1. The lowest BCUT2D eigenvalue weighted by atomic mass is 10.1. The van der Waals surface area contributed by atoms with Gasteiger partial charge in [0, 0.05) is 17.2 Å². The van der Waals surface area contributed by atoms with E-state index in [0.29, 0.717) is 18.0 Å². The van der Waals surface area contributed by atoms with E-state index in [4.69, 9.17) is 9.47 Å². The van der Waals surface area contributed by atoms with Crippen LogP contribution < -0.4 is 14.8 Å². The molecule has 0 heterocycles. The van der Waals surface area contributed by atoms with Gasteiger partial charge in [-0.25, -0.2) is 0 Å². The van der Waals surface area contributed by atoms with Crippen molar-refractivity contribution in [3.05, 3.63) is 66.2 Å². The molecule has 2 aromatic carbocycles. The van der Waals surface area contributed by atoms with E-state index in [0.717, 1.165) is 17.7 Å². The van der Waals surface area contributed by atoms with Crippen LogP contribution in [-0.2, 0) is 11.2 Å². The Hall–Kier alpha value is -2.40. The zero-order valence-electron chi connectivity index (χ0n) is 15.3. The van der Waals surface area contributed by atoms with Gasteiger partial charge in [0.25, 0.3) is 5.91 Å². The van der Waals surface area contributed by atoms with Crippen molar-refractivity contribution in [1.29, 1.82) is 0 Å². The highest BCUT2D eigenvalue weighted by molar-refractivity contribution is 7.99. The summed E-state index contributed by atoms with van der Waals surface area (Å²) in [6.07, 6.45) is 2.59. The van der Waals surface area contributed by atoms with E-state index in [-0.39, 0.29) is 12.5 Å².